The molecule has 8 nitrogen and oxygen atoms in total. The van der Waals surface area contributed by atoms with Gasteiger partial charge >= 0.3 is 0 Å². The summed E-state index contributed by atoms with van der Waals surface area (Å²) in [5, 5.41) is 3.10. The highest BCUT2D eigenvalue weighted by molar-refractivity contribution is 5.56. The molecule has 1 aliphatic heterocycles. The van der Waals surface area contributed by atoms with Crippen LogP contribution in [0.3, 0.4) is 0 Å². The third kappa shape index (κ3) is 4.48. The highest BCUT2D eigenvalue weighted by atomic mass is 16.5. The Morgan fingerprint density at radius 3 is 2.88 bits per heavy atom. The van der Waals surface area contributed by atoms with E-state index >= 15 is 0 Å². The minimum Gasteiger partial charge on any atom is -0.488 e. The molecule has 2 aromatic rings. The maximum absolute atomic E-state index is 5.96. The Labute approximate surface area is 147 Å². The first-order valence-corrected chi connectivity index (χ1v) is 8.17. The van der Waals surface area contributed by atoms with Gasteiger partial charge in [0.1, 0.15) is 0 Å². The molecule has 0 aliphatic carbocycles. The predicted octanol–water partition coefficient (Wildman–Crippen LogP) is 1.96. The van der Waals surface area contributed by atoms with Gasteiger partial charge < -0.3 is 24.4 Å². The smallest absolute Gasteiger partial charge is 0.256 e. The van der Waals surface area contributed by atoms with E-state index < -0.39 is 0 Å². The summed E-state index contributed by atoms with van der Waals surface area (Å²) in [5.41, 5.74) is 0.715. The molecule has 1 atom stereocenters. The Kier molecular flexibility index (Phi) is 5.49. The summed E-state index contributed by atoms with van der Waals surface area (Å²) in [7, 11) is 5.27. The fourth-order valence-electron chi connectivity index (χ4n) is 2.77. The maximum atomic E-state index is 5.96. The quantitative estimate of drug-likeness (QED) is 0.816. The van der Waals surface area contributed by atoms with Crippen LogP contribution >= 0.6 is 0 Å². The fraction of sp³-hybridized carbons (Fsp3) is 0.471. The van der Waals surface area contributed by atoms with E-state index in [9.17, 15) is 0 Å². The molecule has 3 heterocycles. The van der Waals surface area contributed by atoms with Crippen LogP contribution in [-0.2, 0) is 0 Å². The number of nitrogens with one attached hydrogen (secondary N) is 1. The van der Waals surface area contributed by atoms with Crippen LogP contribution in [0.2, 0.25) is 0 Å². The molecule has 1 aliphatic rings. The van der Waals surface area contributed by atoms with Crippen molar-refractivity contribution in [3.63, 3.8) is 0 Å². The van der Waals surface area contributed by atoms with Crippen molar-refractivity contribution in [2.45, 2.75) is 6.42 Å². The van der Waals surface area contributed by atoms with Crippen molar-refractivity contribution in [3.8, 4) is 17.5 Å². The number of nitrogens with zero attached hydrogens (tertiary/aromatic N) is 4. The van der Waals surface area contributed by atoms with E-state index in [4.69, 9.17) is 14.2 Å². The second-order valence-corrected chi connectivity index (χ2v) is 6.01. The molecular formula is C17H23N5O3. The molecular weight excluding hydrogens is 322 g/mol. The van der Waals surface area contributed by atoms with Crippen molar-refractivity contribution in [3.05, 3.63) is 24.5 Å². The summed E-state index contributed by atoms with van der Waals surface area (Å²) in [4.78, 5) is 15.0. The summed E-state index contributed by atoms with van der Waals surface area (Å²) in [6.07, 6.45) is 4.42. The van der Waals surface area contributed by atoms with Crippen molar-refractivity contribution in [2.75, 3.05) is 46.3 Å². The first-order chi connectivity index (χ1) is 12.2. The summed E-state index contributed by atoms with van der Waals surface area (Å²) >= 11 is 0. The molecule has 0 spiro atoms. The van der Waals surface area contributed by atoms with Gasteiger partial charge in [-0.25, -0.2) is 9.97 Å². The minimum atomic E-state index is 0.426. The Morgan fingerprint density at radius 2 is 2.16 bits per heavy atom. The number of hydrogen-bond donors (Lipinski definition) is 1. The van der Waals surface area contributed by atoms with Gasteiger partial charge in [0.2, 0.25) is 11.8 Å². The molecule has 2 aromatic heterocycles. The number of likely N-dealkylation sites (tertiary alicyclic amines) is 1. The van der Waals surface area contributed by atoms with Gasteiger partial charge in [-0.3, -0.25) is 0 Å². The van der Waals surface area contributed by atoms with E-state index in [1.807, 2.05) is 6.07 Å². The lowest BCUT2D eigenvalue weighted by atomic mass is 10.1. The van der Waals surface area contributed by atoms with Crippen molar-refractivity contribution >= 4 is 11.6 Å². The summed E-state index contributed by atoms with van der Waals surface area (Å²) in [5.74, 6) is 2.50. The van der Waals surface area contributed by atoms with Crippen LogP contribution in [0.5, 0.6) is 17.5 Å². The average molecular weight is 345 g/mol. The summed E-state index contributed by atoms with van der Waals surface area (Å²) in [6.45, 7) is 2.80. The standard InChI is InChI=1S/C17H23N5O3/c1-22-7-5-12(10-22)11-25-14-8-13(9-19-16(14)24-3)20-17-18-6-4-15(21-17)23-2/h4,6,8-9,12H,5,7,10-11H2,1-3H3,(H,18,20,21)/t12-/m1/s1. The van der Waals surface area contributed by atoms with Crippen LogP contribution in [0.15, 0.2) is 24.5 Å². The Morgan fingerprint density at radius 1 is 1.28 bits per heavy atom. The zero-order valence-electron chi connectivity index (χ0n) is 14.7. The lowest BCUT2D eigenvalue weighted by molar-refractivity contribution is 0.236. The molecule has 25 heavy (non-hydrogen) atoms. The van der Waals surface area contributed by atoms with Gasteiger partial charge in [0.15, 0.2) is 5.75 Å². The number of anilines is 2. The summed E-state index contributed by atoms with van der Waals surface area (Å²) in [6, 6.07) is 3.53. The average Bonchev–Trinajstić information content (AvgIpc) is 3.05. The number of aromatic nitrogens is 3. The Bertz CT molecular complexity index is 712. The van der Waals surface area contributed by atoms with Crippen molar-refractivity contribution in [1.29, 1.82) is 0 Å². The van der Waals surface area contributed by atoms with Gasteiger partial charge in [0.25, 0.3) is 5.88 Å². The van der Waals surface area contributed by atoms with E-state index in [0.29, 0.717) is 41.7 Å². The first-order valence-electron chi connectivity index (χ1n) is 8.17. The van der Waals surface area contributed by atoms with Gasteiger partial charge in [-0.2, -0.15) is 4.98 Å². The zero-order chi connectivity index (χ0) is 17.6. The van der Waals surface area contributed by atoms with Crippen LogP contribution in [0, 0.1) is 5.92 Å². The van der Waals surface area contributed by atoms with Crippen molar-refractivity contribution < 1.29 is 14.2 Å². The third-order valence-corrected chi connectivity index (χ3v) is 4.07. The summed E-state index contributed by atoms with van der Waals surface area (Å²) < 4.78 is 16.4. The van der Waals surface area contributed by atoms with E-state index in [0.717, 1.165) is 19.5 Å². The molecule has 0 unspecified atom stereocenters. The number of ether oxygens (including phenoxy) is 3. The molecule has 134 valence electrons. The van der Waals surface area contributed by atoms with Crippen LogP contribution in [0.25, 0.3) is 0 Å². The van der Waals surface area contributed by atoms with E-state index in [2.05, 4.69) is 32.2 Å². The lowest BCUT2D eigenvalue weighted by Gasteiger charge is -2.15. The largest absolute Gasteiger partial charge is 0.488 e. The van der Waals surface area contributed by atoms with E-state index in [1.54, 1.807) is 32.7 Å². The molecule has 1 N–H and O–H groups in total. The molecule has 3 rings (SSSR count). The Balaban J connectivity index is 1.70. The van der Waals surface area contributed by atoms with Crippen LogP contribution in [-0.4, -0.2) is 60.8 Å². The number of hydrogen-bond acceptors (Lipinski definition) is 8. The number of methoxy groups -OCH3 is 2. The van der Waals surface area contributed by atoms with Crippen LogP contribution in [0.1, 0.15) is 6.42 Å². The van der Waals surface area contributed by atoms with Gasteiger partial charge in [0, 0.05) is 30.8 Å². The monoisotopic (exact) mass is 345 g/mol. The second kappa shape index (κ2) is 7.98. The van der Waals surface area contributed by atoms with E-state index in [-0.39, 0.29) is 0 Å². The second-order valence-electron chi connectivity index (χ2n) is 6.01. The fourth-order valence-corrected chi connectivity index (χ4v) is 2.77. The topological polar surface area (TPSA) is 81.6 Å². The SMILES string of the molecule is COc1ccnc(Nc2cnc(OC)c(OC[C@@H]3CCN(C)C3)c2)n1. The molecule has 0 aromatic carbocycles. The third-order valence-electron chi connectivity index (χ3n) is 4.07. The minimum absolute atomic E-state index is 0.426. The molecule has 0 amide bonds. The van der Waals surface area contributed by atoms with Gasteiger partial charge in [-0.15, -0.1) is 0 Å². The lowest BCUT2D eigenvalue weighted by Crippen LogP contribution is -2.18. The number of rotatable bonds is 7. The van der Waals surface area contributed by atoms with E-state index in [1.165, 1.54) is 0 Å². The van der Waals surface area contributed by atoms with Crippen molar-refractivity contribution in [1.82, 2.24) is 19.9 Å². The normalized spacial score (nSPS) is 17.3. The molecule has 8 heteroatoms. The number of pyridine rings is 1. The highest BCUT2D eigenvalue weighted by Gasteiger charge is 2.21. The molecule has 0 radical (unpaired) electrons. The highest BCUT2D eigenvalue weighted by Crippen LogP contribution is 2.29. The van der Waals surface area contributed by atoms with Crippen molar-refractivity contribution in [2.24, 2.45) is 5.92 Å². The van der Waals surface area contributed by atoms with Gasteiger partial charge in [-0.05, 0) is 20.0 Å². The Hall–Kier alpha value is -2.61. The first kappa shape index (κ1) is 17.2. The zero-order valence-corrected chi connectivity index (χ0v) is 14.7. The molecule has 0 bridgehead atoms. The van der Waals surface area contributed by atoms with Gasteiger partial charge in [-0.1, -0.05) is 0 Å². The van der Waals surface area contributed by atoms with Crippen LogP contribution < -0.4 is 19.5 Å². The van der Waals surface area contributed by atoms with Crippen LogP contribution in [0.4, 0.5) is 11.6 Å². The maximum Gasteiger partial charge on any atom is 0.256 e. The predicted molar refractivity (Wildman–Crippen MR) is 93.8 cm³/mol. The molecule has 1 saturated heterocycles. The molecule has 1 fully saturated rings. The van der Waals surface area contributed by atoms with Gasteiger partial charge in [0.05, 0.1) is 32.7 Å². The molecule has 0 saturated carbocycles.